The van der Waals surface area contributed by atoms with Gasteiger partial charge in [0.15, 0.2) is 0 Å². The van der Waals surface area contributed by atoms with Gasteiger partial charge in [-0.3, -0.25) is 9.48 Å². The van der Waals surface area contributed by atoms with Crippen molar-refractivity contribution >= 4 is 5.91 Å². The van der Waals surface area contributed by atoms with Gasteiger partial charge in [0.1, 0.15) is 0 Å². The number of nitrogens with zero attached hydrogens (tertiary/aromatic N) is 4. The van der Waals surface area contributed by atoms with Crippen molar-refractivity contribution in [2.75, 3.05) is 20.1 Å². The fourth-order valence-electron chi connectivity index (χ4n) is 3.94. The van der Waals surface area contributed by atoms with Crippen LogP contribution in [0.15, 0.2) is 18.5 Å². The third-order valence-corrected chi connectivity index (χ3v) is 5.05. The van der Waals surface area contributed by atoms with Gasteiger partial charge in [0.2, 0.25) is 5.91 Å². The first-order valence-corrected chi connectivity index (χ1v) is 8.15. The molecule has 2 fully saturated rings. The molecule has 2 aliphatic heterocycles. The molecule has 0 radical (unpaired) electrons. The standard InChI is InChI=1S/C16H26N4O/c1-13(12-19-10-5-8-17-19)16(21)20-11-4-7-15(20)14-6-3-9-18(14)2/h5,8,10,13-15H,3-4,6-7,9,11-12H2,1-2H3/t13-,14-,15-/m1/s1. The van der Waals surface area contributed by atoms with Crippen molar-refractivity contribution < 1.29 is 4.79 Å². The lowest BCUT2D eigenvalue weighted by Gasteiger charge is -2.34. The van der Waals surface area contributed by atoms with Gasteiger partial charge in [-0.15, -0.1) is 0 Å². The highest BCUT2D eigenvalue weighted by molar-refractivity contribution is 5.79. The first-order chi connectivity index (χ1) is 10.2. The van der Waals surface area contributed by atoms with Crippen LogP contribution in [0, 0.1) is 5.92 Å². The topological polar surface area (TPSA) is 41.4 Å². The van der Waals surface area contributed by atoms with Crippen molar-refractivity contribution in [1.29, 1.82) is 0 Å². The van der Waals surface area contributed by atoms with Gasteiger partial charge in [0.25, 0.3) is 0 Å². The van der Waals surface area contributed by atoms with Gasteiger partial charge >= 0.3 is 0 Å². The summed E-state index contributed by atoms with van der Waals surface area (Å²) in [6.07, 6.45) is 8.50. The van der Waals surface area contributed by atoms with Gasteiger partial charge in [-0.25, -0.2) is 0 Å². The summed E-state index contributed by atoms with van der Waals surface area (Å²) >= 11 is 0. The molecule has 3 atom stereocenters. The van der Waals surface area contributed by atoms with Gasteiger partial charge in [-0.2, -0.15) is 5.10 Å². The van der Waals surface area contributed by atoms with Crippen LogP contribution in [0.5, 0.6) is 0 Å². The highest BCUT2D eigenvalue weighted by Gasteiger charge is 2.39. The van der Waals surface area contributed by atoms with E-state index in [2.05, 4.69) is 21.9 Å². The molecule has 0 saturated carbocycles. The fraction of sp³-hybridized carbons (Fsp3) is 0.750. The van der Waals surface area contributed by atoms with Crippen LogP contribution in [-0.4, -0.2) is 57.7 Å². The quantitative estimate of drug-likeness (QED) is 0.846. The van der Waals surface area contributed by atoms with Crippen molar-refractivity contribution in [3.05, 3.63) is 18.5 Å². The third-order valence-electron chi connectivity index (χ3n) is 5.05. The fourth-order valence-corrected chi connectivity index (χ4v) is 3.94. The molecule has 0 bridgehead atoms. The Bertz CT molecular complexity index is 473. The van der Waals surface area contributed by atoms with Crippen molar-refractivity contribution in [1.82, 2.24) is 19.6 Å². The maximum absolute atomic E-state index is 12.8. The molecule has 5 heteroatoms. The third kappa shape index (κ3) is 2.98. The molecule has 3 rings (SSSR count). The summed E-state index contributed by atoms with van der Waals surface area (Å²) in [4.78, 5) is 17.4. The summed E-state index contributed by atoms with van der Waals surface area (Å²) < 4.78 is 1.86. The van der Waals surface area contributed by atoms with E-state index in [1.807, 2.05) is 23.9 Å². The molecule has 1 aromatic rings. The molecular weight excluding hydrogens is 264 g/mol. The van der Waals surface area contributed by atoms with Crippen LogP contribution in [0.2, 0.25) is 0 Å². The summed E-state index contributed by atoms with van der Waals surface area (Å²) in [5, 5.41) is 4.21. The van der Waals surface area contributed by atoms with E-state index in [-0.39, 0.29) is 5.92 Å². The largest absolute Gasteiger partial charge is 0.338 e. The zero-order chi connectivity index (χ0) is 14.8. The lowest BCUT2D eigenvalue weighted by molar-refractivity contribution is -0.137. The van der Waals surface area contributed by atoms with Crippen molar-refractivity contribution in [2.45, 2.75) is 51.2 Å². The minimum atomic E-state index is -0.00258. The Kier molecular flexibility index (Phi) is 4.29. The Hall–Kier alpha value is -1.36. The van der Waals surface area contributed by atoms with Crippen LogP contribution in [0.25, 0.3) is 0 Å². The average molecular weight is 290 g/mol. The first-order valence-electron chi connectivity index (χ1n) is 8.15. The summed E-state index contributed by atoms with van der Waals surface area (Å²) in [7, 11) is 2.20. The monoisotopic (exact) mass is 290 g/mol. The number of likely N-dealkylation sites (tertiary alicyclic amines) is 2. The molecule has 5 nitrogen and oxygen atoms in total. The normalized spacial score (nSPS) is 28.2. The number of carbonyl (C=O) groups excluding carboxylic acids is 1. The number of aromatic nitrogens is 2. The van der Waals surface area contributed by atoms with E-state index in [1.54, 1.807) is 6.20 Å². The Morgan fingerprint density at radius 1 is 1.29 bits per heavy atom. The number of carbonyl (C=O) groups is 1. The summed E-state index contributed by atoms with van der Waals surface area (Å²) in [6.45, 7) is 4.80. The van der Waals surface area contributed by atoms with Crippen LogP contribution in [0.1, 0.15) is 32.6 Å². The number of hydrogen-bond acceptors (Lipinski definition) is 3. The van der Waals surface area contributed by atoms with Crippen molar-refractivity contribution in [3.63, 3.8) is 0 Å². The number of amides is 1. The molecule has 0 N–H and O–H groups in total. The van der Waals surface area contributed by atoms with Crippen molar-refractivity contribution in [2.24, 2.45) is 5.92 Å². The number of likely N-dealkylation sites (N-methyl/N-ethyl adjacent to an activating group) is 1. The molecule has 116 valence electrons. The highest BCUT2D eigenvalue weighted by Crippen LogP contribution is 2.30. The molecule has 3 heterocycles. The molecule has 0 spiro atoms. The zero-order valence-corrected chi connectivity index (χ0v) is 13.1. The van der Waals surface area contributed by atoms with Crippen LogP contribution in [0.3, 0.4) is 0 Å². The molecular formula is C16H26N4O. The smallest absolute Gasteiger partial charge is 0.227 e. The van der Waals surface area contributed by atoms with E-state index in [9.17, 15) is 4.79 Å². The molecule has 0 unspecified atom stereocenters. The lowest BCUT2D eigenvalue weighted by atomic mass is 10.0. The van der Waals surface area contributed by atoms with Crippen LogP contribution in [-0.2, 0) is 11.3 Å². The summed E-state index contributed by atoms with van der Waals surface area (Å²) in [6, 6.07) is 2.89. The maximum atomic E-state index is 12.8. The summed E-state index contributed by atoms with van der Waals surface area (Å²) in [5.41, 5.74) is 0. The van der Waals surface area contributed by atoms with Gasteiger partial charge in [-0.1, -0.05) is 6.92 Å². The second-order valence-electron chi connectivity index (χ2n) is 6.56. The second kappa shape index (κ2) is 6.18. The minimum Gasteiger partial charge on any atom is -0.338 e. The average Bonchev–Trinajstić information content (AvgIpc) is 3.18. The molecule has 1 aromatic heterocycles. The Morgan fingerprint density at radius 3 is 2.71 bits per heavy atom. The zero-order valence-electron chi connectivity index (χ0n) is 13.1. The first kappa shape index (κ1) is 14.6. The van der Waals surface area contributed by atoms with E-state index in [1.165, 1.54) is 19.4 Å². The molecule has 21 heavy (non-hydrogen) atoms. The van der Waals surface area contributed by atoms with E-state index in [0.29, 0.717) is 24.5 Å². The SMILES string of the molecule is C[C@H](Cn1cccn1)C(=O)N1CCC[C@@H]1[C@H]1CCCN1C. The van der Waals surface area contributed by atoms with E-state index < -0.39 is 0 Å². The molecule has 2 aliphatic rings. The van der Waals surface area contributed by atoms with Gasteiger partial charge in [0, 0.05) is 31.0 Å². The highest BCUT2D eigenvalue weighted by atomic mass is 16.2. The number of rotatable bonds is 4. The van der Waals surface area contributed by atoms with Gasteiger partial charge in [-0.05, 0) is 45.3 Å². The van der Waals surface area contributed by atoms with Gasteiger partial charge in [0.05, 0.1) is 12.5 Å². The van der Waals surface area contributed by atoms with Crippen LogP contribution in [0.4, 0.5) is 0 Å². The lowest BCUT2D eigenvalue weighted by Crippen LogP contribution is -2.49. The molecule has 1 amide bonds. The van der Waals surface area contributed by atoms with E-state index >= 15 is 0 Å². The Balaban J connectivity index is 1.65. The molecule has 0 aromatic carbocycles. The second-order valence-corrected chi connectivity index (χ2v) is 6.56. The van der Waals surface area contributed by atoms with Crippen molar-refractivity contribution in [3.8, 4) is 0 Å². The Morgan fingerprint density at radius 2 is 2.05 bits per heavy atom. The predicted octanol–water partition coefficient (Wildman–Crippen LogP) is 1.60. The predicted molar refractivity (Wildman–Crippen MR) is 81.8 cm³/mol. The van der Waals surface area contributed by atoms with Gasteiger partial charge < -0.3 is 9.80 Å². The summed E-state index contributed by atoms with van der Waals surface area (Å²) in [5.74, 6) is 0.297. The van der Waals surface area contributed by atoms with E-state index in [0.717, 1.165) is 19.4 Å². The van der Waals surface area contributed by atoms with Crippen LogP contribution < -0.4 is 0 Å². The maximum Gasteiger partial charge on any atom is 0.227 e. The Labute approximate surface area is 126 Å². The minimum absolute atomic E-state index is 0.00258. The molecule has 2 saturated heterocycles. The number of hydrogen-bond donors (Lipinski definition) is 0. The molecule has 0 aliphatic carbocycles. The van der Waals surface area contributed by atoms with E-state index in [4.69, 9.17) is 0 Å². The van der Waals surface area contributed by atoms with Crippen LogP contribution >= 0.6 is 0 Å².